The topological polar surface area (TPSA) is 110 Å². The fourth-order valence-corrected chi connectivity index (χ4v) is 1.08. The van der Waals surface area contributed by atoms with Gasteiger partial charge in [0.05, 0.1) is 6.61 Å². The smallest absolute Gasteiger partial charge is 0.184 e. The van der Waals surface area contributed by atoms with Gasteiger partial charge < -0.3 is 30.3 Å². The van der Waals surface area contributed by atoms with Crippen LogP contribution in [-0.4, -0.2) is 62.8 Å². The van der Waals surface area contributed by atoms with Crippen molar-refractivity contribution in [2.45, 2.75) is 30.7 Å². The van der Waals surface area contributed by atoms with Gasteiger partial charge in [-0.2, -0.15) is 0 Å². The molecular weight excluding hydrogens is 168 g/mol. The van der Waals surface area contributed by atoms with Crippen LogP contribution in [0.2, 0.25) is 0 Å². The highest BCUT2D eigenvalue weighted by atomic mass is 16.6. The summed E-state index contributed by atoms with van der Waals surface area (Å²) in [5, 5.41) is 44.7. The van der Waals surface area contributed by atoms with Crippen molar-refractivity contribution in [2.75, 3.05) is 6.61 Å². The van der Waals surface area contributed by atoms with E-state index in [2.05, 4.69) is 4.74 Å². The fourth-order valence-electron chi connectivity index (χ4n) is 1.08. The standard InChI is InChI=1S/C6H12O6/c7-1-2-3(8)4(9)5(10)6(11)12-2/h2-11H,1H2/t2?,3-,4?,5?,6-/m0/s1. The maximum absolute atomic E-state index is 9.12. The molecular formula is C6H12O6. The number of hydrogen-bond donors (Lipinski definition) is 5. The Hall–Kier alpha value is -0.240. The maximum atomic E-state index is 9.12. The summed E-state index contributed by atoms with van der Waals surface area (Å²) in [6, 6.07) is 0. The minimum Gasteiger partial charge on any atom is -0.394 e. The quantitative estimate of drug-likeness (QED) is 0.290. The molecule has 12 heavy (non-hydrogen) atoms. The maximum Gasteiger partial charge on any atom is 0.184 e. The van der Waals surface area contributed by atoms with E-state index < -0.39 is 37.3 Å². The van der Waals surface area contributed by atoms with Gasteiger partial charge in [0.2, 0.25) is 0 Å². The molecule has 6 heteroatoms. The van der Waals surface area contributed by atoms with Gasteiger partial charge in [-0.15, -0.1) is 0 Å². The van der Waals surface area contributed by atoms with Crippen LogP contribution in [-0.2, 0) is 4.74 Å². The lowest BCUT2D eigenvalue weighted by atomic mass is 10.00. The minimum atomic E-state index is -1.57. The van der Waals surface area contributed by atoms with Crippen molar-refractivity contribution in [3.63, 3.8) is 0 Å². The third-order valence-corrected chi connectivity index (χ3v) is 1.87. The third-order valence-electron chi connectivity index (χ3n) is 1.87. The summed E-state index contributed by atoms with van der Waals surface area (Å²) in [7, 11) is 0. The molecule has 1 aliphatic heterocycles. The second kappa shape index (κ2) is 3.65. The van der Waals surface area contributed by atoms with E-state index in [0.717, 1.165) is 0 Å². The minimum absolute atomic E-state index is 0.526. The zero-order valence-corrected chi connectivity index (χ0v) is 6.24. The van der Waals surface area contributed by atoms with Crippen molar-refractivity contribution in [2.24, 2.45) is 0 Å². The molecule has 0 aromatic carbocycles. The summed E-state index contributed by atoms with van der Waals surface area (Å²) in [5.74, 6) is 0. The number of hydrogen-bond acceptors (Lipinski definition) is 6. The summed E-state index contributed by atoms with van der Waals surface area (Å²) in [6.45, 7) is -0.526. The molecule has 0 amide bonds. The normalized spacial score (nSPS) is 49.2. The number of aliphatic hydroxyl groups is 5. The van der Waals surface area contributed by atoms with Crippen molar-refractivity contribution in [3.05, 3.63) is 0 Å². The van der Waals surface area contributed by atoms with Gasteiger partial charge in [0.15, 0.2) is 6.29 Å². The number of rotatable bonds is 1. The van der Waals surface area contributed by atoms with E-state index in [1.54, 1.807) is 0 Å². The number of ether oxygens (including phenoxy) is 1. The SMILES string of the molecule is OCC1O[C@H](O)C(O)C(O)[C@H]1O. The molecule has 5 N–H and O–H groups in total. The largest absolute Gasteiger partial charge is 0.394 e. The molecule has 72 valence electrons. The Kier molecular flexibility index (Phi) is 2.99. The molecule has 0 saturated carbocycles. The van der Waals surface area contributed by atoms with Crippen LogP contribution in [0.1, 0.15) is 0 Å². The van der Waals surface area contributed by atoms with Gasteiger partial charge in [-0.05, 0) is 0 Å². The zero-order chi connectivity index (χ0) is 9.30. The Balaban J connectivity index is 2.63. The first kappa shape index (κ1) is 9.85. The zero-order valence-electron chi connectivity index (χ0n) is 6.24. The molecule has 1 aliphatic rings. The van der Waals surface area contributed by atoms with Crippen LogP contribution in [0.5, 0.6) is 0 Å². The van der Waals surface area contributed by atoms with Crippen LogP contribution >= 0.6 is 0 Å². The molecule has 0 aromatic rings. The lowest BCUT2D eigenvalue weighted by molar-refractivity contribution is -0.286. The Bertz CT molecular complexity index is 146. The van der Waals surface area contributed by atoms with E-state index in [0.29, 0.717) is 0 Å². The molecule has 1 heterocycles. The Labute approximate surface area is 68.6 Å². The molecule has 0 aromatic heterocycles. The summed E-state index contributed by atoms with van der Waals surface area (Å²) in [4.78, 5) is 0. The third kappa shape index (κ3) is 1.58. The summed E-state index contributed by atoms with van der Waals surface area (Å²) >= 11 is 0. The van der Waals surface area contributed by atoms with Crippen LogP contribution in [0.15, 0.2) is 0 Å². The van der Waals surface area contributed by atoms with Crippen molar-refractivity contribution in [1.82, 2.24) is 0 Å². The Morgan fingerprint density at radius 2 is 1.50 bits per heavy atom. The van der Waals surface area contributed by atoms with Crippen LogP contribution in [0.25, 0.3) is 0 Å². The van der Waals surface area contributed by atoms with Gasteiger partial charge in [0.25, 0.3) is 0 Å². The average Bonchev–Trinajstić information content (AvgIpc) is 2.08. The highest BCUT2D eigenvalue weighted by Crippen LogP contribution is 2.18. The van der Waals surface area contributed by atoms with Gasteiger partial charge in [0, 0.05) is 0 Å². The lowest BCUT2D eigenvalue weighted by Crippen LogP contribution is -2.58. The monoisotopic (exact) mass is 180 g/mol. The fraction of sp³-hybridized carbons (Fsp3) is 1.00. The highest BCUT2D eigenvalue weighted by molar-refractivity contribution is 4.87. The van der Waals surface area contributed by atoms with E-state index in [-0.39, 0.29) is 0 Å². The van der Waals surface area contributed by atoms with Crippen LogP contribution < -0.4 is 0 Å². The van der Waals surface area contributed by atoms with E-state index in [1.165, 1.54) is 0 Å². The molecule has 1 rings (SSSR count). The van der Waals surface area contributed by atoms with Crippen molar-refractivity contribution in [1.29, 1.82) is 0 Å². The lowest BCUT2D eigenvalue weighted by Gasteiger charge is -2.37. The van der Waals surface area contributed by atoms with Gasteiger partial charge >= 0.3 is 0 Å². The van der Waals surface area contributed by atoms with Gasteiger partial charge in [-0.25, -0.2) is 0 Å². The number of aliphatic hydroxyl groups excluding tert-OH is 5. The molecule has 0 spiro atoms. The summed E-state index contributed by atoms with van der Waals surface area (Å²) in [5.41, 5.74) is 0. The van der Waals surface area contributed by atoms with Crippen LogP contribution in [0, 0.1) is 0 Å². The molecule has 1 saturated heterocycles. The summed E-state index contributed by atoms with van der Waals surface area (Å²) in [6.07, 6.45) is -7.04. The molecule has 0 aliphatic carbocycles. The van der Waals surface area contributed by atoms with Gasteiger partial charge in [0.1, 0.15) is 24.4 Å². The highest BCUT2D eigenvalue weighted by Gasteiger charge is 2.42. The molecule has 0 radical (unpaired) electrons. The van der Waals surface area contributed by atoms with Crippen molar-refractivity contribution >= 4 is 0 Å². The van der Waals surface area contributed by atoms with E-state index in [4.69, 9.17) is 25.5 Å². The summed E-state index contributed by atoms with van der Waals surface area (Å²) < 4.78 is 4.58. The predicted octanol–water partition coefficient (Wildman–Crippen LogP) is -3.22. The van der Waals surface area contributed by atoms with E-state index >= 15 is 0 Å². The van der Waals surface area contributed by atoms with Crippen LogP contribution in [0.3, 0.4) is 0 Å². The molecule has 3 unspecified atom stereocenters. The first-order valence-corrected chi connectivity index (χ1v) is 3.56. The Morgan fingerprint density at radius 3 is 2.00 bits per heavy atom. The second-order valence-corrected chi connectivity index (χ2v) is 2.72. The average molecular weight is 180 g/mol. The van der Waals surface area contributed by atoms with E-state index in [9.17, 15) is 0 Å². The van der Waals surface area contributed by atoms with Crippen molar-refractivity contribution in [3.8, 4) is 0 Å². The first-order chi connectivity index (χ1) is 5.57. The Morgan fingerprint density at radius 1 is 0.917 bits per heavy atom. The molecule has 5 atom stereocenters. The van der Waals surface area contributed by atoms with E-state index in [1.807, 2.05) is 0 Å². The van der Waals surface area contributed by atoms with Gasteiger partial charge in [-0.1, -0.05) is 0 Å². The second-order valence-electron chi connectivity index (χ2n) is 2.72. The van der Waals surface area contributed by atoms with Crippen LogP contribution in [0.4, 0.5) is 0 Å². The van der Waals surface area contributed by atoms with Crippen molar-refractivity contribution < 1.29 is 30.3 Å². The molecule has 1 fully saturated rings. The molecule has 0 bridgehead atoms. The molecule has 6 nitrogen and oxygen atoms in total. The predicted molar refractivity (Wildman–Crippen MR) is 36.0 cm³/mol. The first-order valence-electron chi connectivity index (χ1n) is 3.56. The van der Waals surface area contributed by atoms with Gasteiger partial charge in [-0.3, -0.25) is 0 Å².